The number of nitrogens with one attached hydrogen (secondary N) is 2. The molecule has 1 saturated heterocycles. The molecule has 1 amide bonds. The molecule has 1 aliphatic heterocycles. The van der Waals surface area contributed by atoms with Crippen LogP contribution in [0.15, 0.2) is 84.9 Å². The van der Waals surface area contributed by atoms with E-state index in [1.807, 2.05) is 48.5 Å². The molecule has 0 aromatic heterocycles. The average molecular weight is 546 g/mol. The first-order valence-electron chi connectivity index (χ1n) is 13.3. The minimum absolute atomic E-state index is 0.0413. The van der Waals surface area contributed by atoms with Crippen molar-refractivity contribution in [1.82, 2.24) is 15.5 Å². The van der Waals surface area contributed by atoms with Crippen LogP contribution >= 0.6 is 11.6 Å². The van der Waals surface area contributed by atoms with Crippen molar-refractivity contribution in [1.29, 1.82) is 0 Å². The number of carbonyl (C=O) groups excluding carboxylic acids is 1. The lowest BCUT2D eigenvalue weighted by Crippen LogP contribution is -2.43. The SMILES string of the molecule is COc1ccc2ccccc2c1CN[C@H]1C[C@@H](C(=O)NCCc2ccccc2F)N(Cc2cccc(Cl)c2)C1. The van der Waals surface area contributed by atoms with Gasteiger partial charge in [0.05, 0.1) is 13.2 Å². The first kappa shape index (κ1) is 27.1. The summed E-state index contributed by atoms with van der Waals surface area (Å²) >= 11 is 6.24. The van der Waals surface area contributed by atoms with E-state index in [0.29, 0.717) is 49.6 Å². The Hall–Kier alpha value is -3.45. The molecule has 1 heterocycles. The molecule has 2 N–H and O–H groups in total. The standard InChI is InChI=1S/C32H33ClFN3O2/c1-39-31-14-13-23-8-2-4-11-27(23)28(31)19-36-26-18-30(37(21-26)20-22-7-6-10-25(33)17-22)32(38)35-16-15-24-9-3-5-12-29(24)34/h2-14,17,26,30,36H,15-16,18-21H2,1H3,(H,35,38)/t26-,30-/m0/s1. The lowest BCUT2D eigenvalue weighted by Gasteiger charge is -2.23. The molecule has 0 saturated carbocycles. The smallest absolute Gasteiger partial charge is 0.237 e. The molecular weight excluding hydrogens is 513 g/mol. The van der Waals surface area contributed by atoms with E-state index in [1.54, 1.807) is 19.2 Å². The molecule has 4 aromatic rings. The van der Waals surface area contributed by atoms with Crippen molar-refractivity contribution >= 4 is 28.3 Å². The van der Waals surface area contributed by atoms with Gasteiger partial charge < -0.3 is 15.4 Å². The van der Waals surface area contributed by atoms with Crippen molar-refractivity contribution in [3.05, 3.63) is 112 Å². The molecule has 0 aliphatic carbocycles. The van der Waals surface area contributed by atoms with Gasteiger partial charge in [-0.2, -0.15) is 0 Å². The largest absolute Gasteiger partial charge is 0.496 e. The number of ether oxygens (including phenoxy) is 1. The van der Waals surface area contributed by atoms with Crippen molar-refractivity contribution in [3.63, 3.8) is 0 Å². The highest BCUT2D eigenvalue weighted by Gasteiger charge is 2.36. The Balaban J connectivity index is 1.29. The summed E-state index contributed by atoms with van der Waals surface area (Å²) in [7, 11) is 1.69. The topological polar surface area (TPSA) is 53.6 Å². The summed E-state index contributed by atoms with van der Waals surface area (Å²) in [5.74, 6) is 0.557. The quantitative estimate of drug-likeness (QED) is 0.267. The lowest BCUT2D eigenvalue weighted by atomic mass is 10.0. The van der Waals surface area contributed by atoms with E-state index in [0.717, 1.165) is 27.6 Å². The number of hydrogen-bond donors (Lipinski definition) is 2. The fraction of sp³-hybridized carbons (Fsp3) is 0.281. The van der Waals surface area contributed by atoms with Crippen LogP contribution in [0.4, 0.5) is 4.39 Å². The van der Waals surface area contributed by atoms with Gasteiger partial charge in [-0.1, -0.05) is 72.3 Å². The highest BCUT2D eigenvalue weighted by Crippen LogP contribution is 2.29. The fourth-order valence-corrected chi connectivity index (χ4v) is 5.66. The van der Waals surface area contributed by atoms with E-state index in [1.165, 1.54) is 6.07 Å². The molecule has 5 rings (SSSR count). The van der Waals surface area contributed by atoms with Crippen LogP contribution in [0.1, 0.15) is 23.1 Å². The number of hydrogen-bond acceptors (Lipinski definition) is 4. The van der Waals surface area contributed by atoms with Crippen LogP contribution in [-0.4, -0.2) is 43.1 Å². The van der Waals surface area contributed by atoms with Crippen LogP contribution in [0.5, 0.6) is 5.75 Å². The summed E-state index contributed by atoms with van der Waals surface area (Å²) in [4.78, 5) is 15.6. The Kier molecular flexibility index (Phi) is 8.77. The summed E-state index contributed by atoms with van der Waals surface area (Å²) < 4.78 is 19.7. The summed E-state index contributed by atoms with van der Waals surface area (Å²) in [6, 6.07) is 26.6. The molecule has 2 atom stereocenters. The predicted molar refractivity (Wildman–Crippen MR) is 155 cm³/mol. The number of nitrogens with zero attached hydrogens (tertiary/aromatic N) is 1. The molecule has 1 fully saturated rings. The number of fused-ring (bicyclic) bond motifs is 1. The van der Waals surface area contributed by atoms with E-state index in [4.69, 9.17) is 16.3 Å². The van der Waals surface area contributed by atoms with E-state index in [-0.39, 0.29) is 23.8 Å². The second-order valence-corrected chi connectivity index (χ2v) is 10.4. The van der Waals surface area contributed by atoms with E-state index >= 15 is 0 Å². The first-order chi connectivity index (χ1) is 19.0. The van der Waals surface area contributed by atoms with Gasteiger partial charge >= 0.3 is 0 Å². The zero-order valence-electron chi connectivity index (χ0n) is 22.0. The molecule has 0 unspecified atom stereocenters. The second-order valence-electron chi connectivity index (χ2n) is 9.99. The lowest BCUT2D eigenvalue weighted by molar-refractivity contribution is -0.125. The van der Waals surface area contributed by atoms with Gasteiger partial charge in [0, 0.05) is 42.8 Å². The van der Waals surface area contributed by atoms with E-state index in [2.05, 4.69) is 33.7 Å². The normalized spacial score (nSPS) is 17.4. The average Bonchev–Trinajstić information content (AvgIpc) is 3.35. The van der Waals surface area contributed by atoms with Gasteiger partial charge in [0.2, 0.25) is 5.91 Å². The maximum atomic E-state index is 14.0. The van der Waals surface area contributed by atoms with Gasteiger partial charge in [-0.05, 0) is 59.0 Å². The Morgan fingerprint density at radius 1 is 1.05 bits per heavy atom. The molecule has 1 aliphatic rings. The van der Waals surface area contributed by atoms with Crippen molar-refractivity contribution in [2.24, 2.45) is 0 Å². The van der Waals surface area contributed by atoms with Gasteiger partial charge in [-0.15, -0.1) is 0 Å². The molecule has 4 aromatic carbocycles. The van der Waals surface area contributed by atoms with Crippen LogP contribution in [0.25, 0.3) is 10.8 Å². The Labute approximate surface area is 233 Å². The number of methoxy groups -OCH3 is 1. The predicted octanol–water partition coefficient (Wildman–Crippen LogP) is 5.73. The molecule has 7 heteroatoms. The van der Waals surface area contributed by atoms with Gasteiger partial charge in [0.25, 0.3) is 0 Å². The third-order valence-electron chi connectivity index (χ3n) is 7.42. The van der Waals surface area contributed by atoms with E-state index in [9.17, 15) is 9.18 Å². The van der Waals surface area contributed by atoms with Crippen molar-refractivity contribution in [2.45, 2.75) is 38.0 Å². The van der Waals surface area contributed by atoms with Gasteiger partial charge in [-0.3, -0.25) is 9.69 Å². The summed E-state index contributed by atoms with van der Waals surface area (Å²) in [5, 5.41) is 9.72. The first-order valence-corrected chi connectivity index (χ1v) is 13.7. The minimum Gasteiger partial charge on any atom is -0.496 e. The third kappa shape index (κ3) is 6.59. The van der Waals surface area contributed by atoms with Gasteiger partial charge in [-0.25, -0.2) is 4.39 Å². The summed E-state index contributed by atoms with van der Waals surface area (Å²) in [5.41, 5.74) is 2.77. The van der Waals surface area contributed by atoms with Crippen molar-refractivity contribution in [2.75, 3.05) is 20.2 Å². The molecule has 39 heavy (non-hydrogen) atoms. The number of carbonyl (C=O) groups is 1. The molecule has 202 valence electrons. The molecular formula is C32H33ClFN3O2. The zero-order valence-corrected chi connectivity index (χ0v) is 22.8. The van der Waals surface area contributed by atoms with Crippen LogP contribution < -0.4 is 15.4 Å². The monoisotopic (exact) mass is 545 g/mol. The maximum Gasteiger partial charge on any atom is 0.237 e. The Morgan fingerprint density at radius 2 is 1.87 bits per heavy atom. The Bertz CT molecular complexity index is 1450. The number of amides is 1. The Morgan fingerprint density at radius 3 is 2.69 bits per heavy atom. The second kappa shape index (κ2) is 12.6. The maximum absolute atomic E-state index is 14.0. The highest BCUT2D eigenvalue weighted by atomic mass is 35.5. The number of rotatable bonds is 10. The van der Waals surface area contributed by atoms with Gasteiger partial charge in [0.15, 0.2) is 0 Å². The van der Waals surface area contributed by atoms with Crippen LogP contribution in [0.2, 0.25) is 5.02 Å². The molecule has 0 bridgehead atoms. The number of benzene rings is 4. The number of likely N-dealkylation sites (tertiary alicyclic amines) is 1. The van der Waals surface area contributed by atoms with Crippen molar-refractivity contribution in [3.8, 4) is 5.75 Å². The molecule has 0 spiro atoms. The minimum atomic E-state index is -0.309. The van der Waals surface area contributed by atoms with Crippen LogP contribution in [0.3, 0.4) is 0 Å². The highest BCUT2D eigenvalue weighted by molar-refractivity contribution is 6.30. The summed E-state index contributed by atoms with van der Waals surface area (Å²) in [6.07, 6.45) is 1.11. The van der Waals surface area contributed by atoms with Crippen LogP contribution in [-0.2, 0) is 24.3 Å². The summed E-state index contributed by atoms with van der Waals surface area (Å²) in [6.45, 7) is 2.33. The van der Waals surface area contributed by atoms with E-state index < -0.39 is 0 Å². The molecule has 5 nitrogen and oxygen atoms in total. The fourth-order valence-electron chi connectivity index (χ4n) is 5.44. The molecule has 0 radical (unpaired) electrons. The third-order valence-corrected chi connectivity index (χ3v) is 7.65. The van der Waals surface area contributed by atoms with Crippen molar-refractivity contribution < 1.29 is 13.9 Å². The van der Waals surface area contributed by atoms with Gasteiger partial charge in [0.1, 0.15) is 11.6 Å². The zero-order chi connectivity index (χ0) is 27.2. The number of halogens is 2. The van der Waals surface area contributed by atoms with Crippen LogP contribution in [0, 0.1) is 5.82 Å².